The molecular formula is C26H25N5O4. The normalized spacial score (nSPS) is 10.8. The molecule has 1 N–H and O–H groups in total. The summed E-state index contributed by atoms with van der Waals surface area (Å²) < 4.78 is 5.47. The van der Waals surface area contributed by atoms with Gasteiger partial charge in [-0.1, -0.05) is 68.4 Å². The Hall–Kier alpha value is -4.53. The number of nitrogens with zero attached hydrogens (tertiary/aromatic N) is 4. The quantitative estimate of drug-likeness (QED) is 0.386. The van der Waals surface area contributed by atoms with Crippen LogP contribution in [0.15, 0.2) is 78.9 Å². The summed E-state index contributed by atoms with van der Waals surface area (Å²) in [6, 6.07) is 23.1. The zero-order chi connectivity index (χ0) is 24.8. The number of hydrogen-bond donors (Lipinski definition) is 1. The molecule has 0 bridgehead atoms. The molecule has 1 heterocycles. The number of carbonyl (C=O) groups is 3. The number of para-hydroxylation sites is 2. The Bertz CT molecular complexity index is 1350. The average Bonchev–Trinajstić information content (AvgIpc) is 3.30. The second-order valence-electron chi connectivity index (χ2n) is 8.18. The Morgan fingerprint density at radius 3 is 2.40 bits per heavy atom. The lowest BCUT2D eigenvalue weighted by Gasteiger charge is -2.22. The number of nitrogens with one attached hydrogen (secondary N) is 1. The van der Waals surface area contributed by atoms with Gasteiger partial charge in [0.05, 0.1) is 5.69 Å². The van der Waals surface area contributed by atoms with Crippen LogP contribution in [0.1, 0.15) is 29.8 Å². The van der Waals surface area contributed by atoms with E-state index in [1.165, 1.54) is 4.79 Å². The van der Waals surface area contributed by atoms with Gasteiger partial charge >= 0.3 is 6.09 Å². The van der Waals surface area contributed by atoms with Crippen LogP contribution in [-0.4, -0.2) is 39.4 Å². The first-order chi connectivity index (χ1) is 16.9. The van der Waals surface area contributed by atoms with E-state index in [1.54, 1.807) is 62.4 Å². The highest BCUT2D eigenvalue weighted by molar-refractivity contribution is 6.06. The maximum absolute atomic E-state index is 13.1. The van der Waals surface area contributed by atoms with Crippen LogP contribution in [0.2, 0.25) is 0 Å². The number of hydrogen-bond acceptors (Lipinski definition) is 6. The van der Waals surface area contributed by atoms with Crippen LogP contribution in [-0.2, 0) is 16.1 Å². The minimum atomic E-state index is -0.772. The summed E-state index contributed by atoms with van der Waals surface area (Å²) in [6.07, 6.45) is -0.772. The molecule has 4 rings (SSSR count). The fourth-order valence-corrected chi connectivity index (χ4v) is 3.48. The van der Waals surface area contributed by atoms with Crippen LogP contribution in [0.5, 0.6) is 0 Å². The van der Waals surface area contributed by atoms with Crippen molar-refractivity contribution < 1.29 is 19.1 Å². The Kier molecular flexibility index (Phi) is 7.15. The SMILES string of the molecule is CC(C)C(=O)c1ccccc1NC(=O)CN(C(=O)OCc1ccccc1)n1nnc2ccccc21. The smallest absolute Gasteiger partial charge is 0.431 e. The van der Waals surface area contributed by atoms with Gasteiger partial charge in [-0.25, -0.2) is 4.79 Å². The standard InChI is InChI=1S/C26H25N5O4/c1-18(2)25(33)20-12-6-7-13-21(20)27-24(32)16-30(26(34)35-17-19-10-4-3-5-11-19)31-23-15-9-8-14-22(23)28-29-31/h3-15,18H,16-17H2,1-2H3,(H,27,32). The summed E-state index contributed by atoms with van der Waals surface area (Å²) in [5.74, 6) is -0.855. The van der Waals surface area contributed by atoms with Crippen molar-refractivity contribution in [3.8, 4) is 0 Å². The number of Topliss-reactive ketones (excluding diaryl/α,β-unsaturated/α-hetero) is 1. The van der Waals surface area contributed by atoms with Crippen LogP contribution in [0, 0.1) is 5.92 Å². The van der Waals surface area contributed by atoms with Crippen molar-refractivity contribution in [1.82, 2.24) is 15.1 Å². The van der Waals surface area contributed by atoms with Gasteiger partial charge in [0.15, 0.2) is 5.78 Å². The lowest BCUT2D eigenvalue weighted by atomic mass is 9.99. The third kappa shape index (κ3) is 5.52. The van der Waals surface area contributed by atoms with Crippen LogP contribution in [0.4, 0.5) is 10.5 Å². The van der Waals surface area contributed by atoms with Crippen molar-refractivity contribution in [1.29, 1.82) is 0 Å². The van der Waals surface area contributed by atoms with Crippen molar-refractivity contribution >= 4 is 34.5 Å². The predicted octanol–water partition coefficient (Wildman–Crippen LogP) is 4.18. The molecule has 9 nitrogen and oxygen atoms in total. The fraction of sp³-hybridized carbons (Fsp3) is 0.192. The van der Waals surface area contributed by atoms with Gasteiger partial charge in [-0.15, -0.1) is 9.89 Å². The molecule has 0 aliphatic rings. The summed E-state index contributed by atoms with van der Waals surface area (Å²) in [4.78, 5) is 40.0. The number of ketones is 1. The first-order valence-corrected chi connectivity index (χ1v) is 11.2. The van der Waals surface area contributed by atoms with Gasteiger partial charge in [-0.05, 0) is 35.0 Å². The number of anilines is 1. The van der Waals surface area contributed by atoms with Crippen molar-refractivity contribution in [2.45, 2.75) is 20.5 Å². The molecule has 2 amide bonds. The molecule has 1 aromatic heterocycles. The average molecular weight is 472 g/mol. The number of aromatic nitrogens is 3. The zero-order valence-electron chi connectivity index (χ0n) is 19.4. The van der Waals surface area contributed by atoms with Gasteiger partial charge in [0, 0.05) is 11.5 Å². The van der Waals surface area contributed by atoms with Gasteiger partial charge in [0.2, 0.25) is 5.91 Å². The molecule has 0 atom stereocenters. The molecular weight excluding hydrogens is 446 g/mol. The van der Waals surface area contributed by atoms with E-state index in [1.807, 2.05) is 30.3 Å². The molecule has 0 unspecified atom stereocenters. The maximum atomic E-state index is 13.1. The van der Waals surface area contributed by atoms with Gasteiger partial charge in [0.1, 0.15) is 24.2 Å². The third-order valence-corrected chi connectivity index (χ3v) is 5.26. The Labute approximate surface area is 202 Å². The minimum absolute atomic E-state index is 0.0240. The fourth-order valence-electron chi connectivity index (χ4n) is 3.48. The summed E-state index contributed by atoms with van der Waals surface area (Å²) in [6.45, 7) is 3.20. The number of ether oxygens (including phenoxy) is 1. The Morgan fingerprint density at radius 2 is 1.63 bits per heavy atom. The molecule has 0 radical (unpaired) electrons. The highest BCUT2D eigenvalue weighted by atomic mass is 16.6. The van der Waals surface area contributed by atoms with Gasteiger partial charge in [-0.3, -0.25) is 9.59 Å². The third-order valence-electron chi connectivity index (χ3n) is 5.26. The lowest BCUT2D eigenvalue weighted by Crippen LogP contribution is -2.46. The Morgan fingerprint density at radius 1 is 0.943 bits per heavy atom. The molecule has 0 aliphatic carbocycles. The highest BCUT2D eigenvalue weighted by Crippen LogP contribution is 2.19. The molecule has 0 fully saturated rings. The van der Waals surface area contributed by atoms with Crippen molar-refractivity contribution in [3.05, 3.63) is 90.0 Å². The summed E-state index contributed by atoms with van der Waals surface area (Å²) in [7, 11) is 0. The van der Waals surface area contributed by atoms with Crippen LogP contribution in [0.25, 0.3) is 11.0 Å². The van der Waals surface area contributed by atoms with E-state index in [0.29, 0.717) is 22.3 Å². The van der Waals surface area contributed by atoms with E-state index in [2.05, 4.69) is 15.6 Å². The monoisotopic (exact) mass is 471 g/mol. The molecule has 9 heteroatoms. The van der Waals surface area contributed by atoms with E-state index in [-0.39, 0.29) is 18.3 Å². The molecule has 4 aromatic rings. The van der Waals surface area contributed by atoms with Gasteiger partial charge in [-0.2, -0.15) is 5.01 Å². The second kappa shape index (κ2) is 10.6. The van der Waals surface area contributed by atoms with Crippen LogP contribution < -0.4 is 10.3 Å². The lowest BCUT2D eigenvalue weighted by molar-refractivity contribution is -0.115. The maximum Gasteiger partial charge on any atom is 0.431 e. The molecule has 0 aliphatic heterocycles. The molecule has 0 saturated heterocycles. The number of fused-ring (bicyclic) bond motifs is 1. The summed E-state index contributed by atoms with van der Waals surface area (Å²) in [5.41, 5.74) is 2.67. The first kappa shape index (κ1) is 23.6. The molecule has 3 aromatic carbocycles. The number of benzene rings is 3. The number of rotatable bonds is 8. The van der Waals surface area contributed by atoms with Crippen LogP contribution in [0.3, 0.4) is 0 Å². The van der Waals surface area contributed by atoms with Crippen molar-refractivity contribution in [3.63, 3.8) is 0 Å². The first-order valence-electron chi connectivity index (χ1n) is 11.2. The van der Waals surface area contributed by atoms with E-state index in [0.717, 1.165) is 10.6 Å². The van der Waals surface area contributed by atoms with Crippen molar-refractivity contribution in [2.24, 2.45) is 5.92 Å². The number of amides is 2. The molecule has 35 heavy (non-hydrogen) atoms. The van der Waals surface area contributed by atoms with E-state index >= 15 is 0 Å². The summed E-state index contributed by atoms with van der Waals surface area (Å²) >= 11 is 0. The Balaban J connectivity index is 1.58. The molecule has 0 saturated carbocycles. The molecule has 178 valence electrons. The van der Waals surface area contributed by atoms with Crippen LogP contribution >= 0.6 is 0 Å². The largest absolute Gasteiger partial charge is 0.443 e. The van der Waals surface area contributed by atoms with E-state index < -0.39 is 18.5 Å². The number of carbonyl (C=O) groups excluding carboxylic acids is 3. The topological polar surface area (TPSA) is 106 Å². The summed E-state index contributed by atoms with van der Waals surface area (Å²) in [5, 5.41) is 11.9. The second-order valence-corrected chi connectivity index (χ2v) is 8.18. The minimum Gasteiger partial charge on any atom is -0.443 e. The zero-order valence-corrected chi connectivity index (χ0v) is 19.4. The predicted molar refractivity (Wildman–Crippen MR) is 131 cm³/mol. The van der Waals surface area contributed by atoms with Gasteiger partial charge < -0.3 is 10.1 Å². The van der Waals surface area contributed by atoms with E-state index in [4.69, 9.17) is 4.74 Å². The molecule has 0 spiro atoms. The highest BCUT2D eigenvalue weighted by Gasteiger charge is 2.25. The van der Waals surface area contributed by atoms with Gasteiger partial charge in [0.25, 0.3) is 0 Å². The van der Waals surface area contributed by atoms with Crippen molar-refractivity contribution in [2.75, 3.05) is 16.9 Å². The van der Waals surface area contributed by atoms with E-state index in [9.17, 15) is 14.4 Å².